The van der Waals surface area contributed by atoms with Gasteiger partial charge >= 0.3 is 5.97 Å². The van der Waals surface area contributed by atoms with Crippen molar-refractivity contribution in [2.45, 2.75) is 45.3 Å². The van der Waals surface area contributed by atoms with E-state index >= 15 is 0 Å². The Morgan fingerprint density at radius 1 is 1.67 bits per heavy atom. The second kappa shape index (κ2) is 4.10. The normalized spacial score (nSPS) is 31.7. The lowest BCUT2D eigenvalue weighted by Gasteiger charge is -2.43. The van der Waals surface area contributed by atoms with E-state index in [1.165, 1.54) is 7.11 Å². The molecular formula is C11H21NO3. The monoisotopic (exact) mass is 215 g/mol. The van der Waals surface area contributed by atoms with Crippen molar-refractivity contribution < 1.29 is 14.3 Å². The molecular weight excluding hydrogens is 194 g/mol. The number of nitrogens with two attached hydrogens (primary N) is 1. The smallest absolute Gasteiger partial charge is 0.306 e. The summed E-state index contributed by atoms with van der Waals surface area (Å²) in [5.41, 5.74) is 5.43. The van der Waals surface area contributed by atoms with Crippen LogP contribution >= 0.6 is 0 Å². The Balaban J connectivity index is 2.92. The van der Waals surface area contributed by atoms with Crippen LogP contribution in [0.5, 0.6) is 0 Å². The molecule has 0 saturated carbocycles. The fourth-order valence-corrected chi connectivity index (χ4v) is 2.42. The molecule has 2 atom stereocenters. The molecule has 0 radical (unpaired) electrons. The molecule has 1 rings (SSSR count). The number of ether oxygens (including phenoxy) is 2. The van der Waals surface area contributed by atoms with E-state index in [1.54, 1.807) is 0 Å². The zero-order valence-electron chi connectivity index (χ0n) is 10.0. The van der Waals surface area contributed by atoms with E-state index in [0.717, 1.165) is 6.42 Å². The second-order valence-corrected chi connectivity index (χ2v) is 4.89. The van der Waals surface area contributed by atoms with Crippen molar-refractivity contribution in [3.8, 4) is 0 Å². The minimum Gasteiger partial charge on any atom is -0.469 e. The number of rotatable bonds is 3. The second-order valence-electron chi connectivity index (χ2n) is 4.89. The van der Waals surface area contributed by atoms with Crippen LogP contribution in [0.1, 0.15) is 33.6 Å². The molecule has 0 aliphatic carbocycles. The van der Waals surface area contributed by atoms with Gasteiger partial charge < -0.3 is 15.2 Å². The lowest BCUT2D eigenvalue weighted by atomic mass is 9.65. The SMILES string of the molecule is COC(=O)CC1(C(C)(C)N)CCOC1C. The van der Waals surface area contributed by atoms with Crippen LogP contribution in [0.2, 0.25) is 0 Å². The van der Waals surface area contributed by atoms with Crippen LogP contribution in [0.4, 0.5) is 0 Å². The van der Waals surface area contributed by atoms with Gasteiger partial charge in [-0.05, 0) is 27.2 Å². The highest BCUT2D eigenvalue weighted by molar-refractivity contribution is 5.70. The first kappa shape index (κ1) is 12.5. The average molecular weight is 215 g/mol. The van der Waals surface area contributed by atoms with Gasteiger partial charge in [-0.25, -0.2) is 0 Å². The first-order chi connectivity index (χ1) is 6.83. The maximum Gasteiger partial charge on any atom is 0.306 e. The van der Waals surface area contributed by atoms with Crippen LogP contribution in [0, 0.1) is 5.41 Å². The summed E-state index contributed by atoms with van der Waals surface area (Å²) in [6.07, 6.45) is 1.14. The van der Waals surface area contributed by atoms with Gasteiger partial charge in [0.1, 0.15) is 0 Å². The van der Waals surface area contributed by atoms with E-state index in [4.69, 9.17) is 15.2 Å². The molecule has 0 spiro atoms. The van der Waals surface area contributed by atoms with Gasteiger partial charge in [0.2, 0.25) is 0 Å². The van der Waals surface area contributed by atoms with Crippen molar-refractivity contribution in [2.24, 2.45) is 11.1 Å². The van der Waals surface area contributed by atoms with Crippen LogP contribution < -0.4 is 5.73 Å². The van der Waals surface area contributed by atoms with Crippen LogP contribution in [0.25, 0.3) is 0 Å². The molecule has 0 aromatic heterocycles. The number of esters is 1. The van der Waals surface area contributed by atoms with Crippen molar-refractivity contribution in [3.63, 3.8) is 0 Å². The summed E-state index contributed by atoms with van der Waals surface area (Å²) >= 11 is 0. The molecule has 1 saturated heterocycles. The largest absolute Gasteiger partial charge is 0.469 e. The lowest BCUT2D eigenvalue weighted by molar-refractivity contribution is -0.146. The first-order valence-corrected chi connectivity index (χ1v) is 5.31. The summed E-state index contributed by atoms with van der Waals surface area (Å²) in [5, 5.41) is 0. The number of methoxy groups -OCH3 is 1. The molecule has 1 heterocycles. The summed E-state index contributed by atoms with van der Waals surface area (Å²) in [5.74, 6) is -0.217. The zero-order valence-corrected chi connectivity index (χ0v) is 10.0. The fraction of sp³-hybridized carbons (Fsp3) is 0.909. The first-order valence-electron chi connectivity index (χ1n) is 5.31. The Morgan fingerprint density at radius 2 is 2.27 bits per heavy atom. The van der Waals surface area contributed by atoms with E-state index in [9.17, 15) is 4.79 Å². The van der Waals surface area contributed by atoms with E-state index in [0.29, 0.717) is 13.0 Å². The van der Waals surface area contributed by atoms with Gasteiger partial charge in [0.25, 0.3) is 0 Å². The minimum atomic E-state index is -0.447. The van der Waals surface area contributed by atoms with Gasteiger partial charge in [-0.15, -0.1) is 0 Å². The average Bonchev–Trinajstić information content (AvgIpc) is 2.48. The maximum absolute atomic E-state index is 11.4. The molecule has 15 heavy (non-hydrogen) atoms. The Hall–Kier alpha value is -0.610. The summed E-state index contributed by atoms with van der Waals surface area (Å²) in [4.78, 5) is 11.4. The van der Waals surface area contributed by atoms with Gasteiger partial charge in [-0.2, -0.15) is 0 Å². The Kier molecular flexibility index (Phi) is 3.41. The topological polar surface area (TPSA) is 61.5 Å². The molecule has 0 aromatic carbocycles. The fourth-order valence-electron chi connectivity index (χ4n) is 2.42. The number of carbonyl (C=O) groups is 1. The number of hydrogen-bond donors (Lipinski definition) is 1. The molecule has 1 fully saturated rings. The Labute approximate surface area is 91.1 Å². The maximum atomic E-state index is 11.4. The summed E-state index contributed by atoms with van der Waals surface area (Å²) < 4.78 is 10.3. The molecule has 0 bridgehead atoms. The zero-order chi connectivity index (χ0) is 11.7. The highest BCUT2D eigenvalue weighted by Gasteiger charge is 2.52. The van der Waals surface area contributed by atoms with Crippen molar-refractivity contribution in [1.82, 2.24) is 0 Å². The number of hydrogen-bond acceptors (Lipinski definition) is 4. The molecule has 0 aromatic rings. The molecule has 2 unspecified atom stereocenters. The summed E-state index contributed by atoms with van der Waals surface area (Å²) in [7, 11) is 1.40. The van der Waals surface area contributed by atoms with Gasteiger partial charge in [-0.1, -0.05) is 0 Å². The summed E-state index contributed by atoms with van der Waals surface area (Å²) in [6.45, 7) is 6.53. The summed E-state index contributed by atoms with van der Waals surface area (Å²) in [6, 6.07) is 0. The lowest BCUT2D eigenvalue weighted by Crippen LogP contribution is -2.55. The highest BCUT2D eigenvalue weighted by atomic mass is 16.5. The predicted octanol–water partition coefficient (Wildman–Crippen LogP) is 1.08. The van der Waals surface area contributed by atoms with Gasteiger partial charge in [0.15, 0.2) is 0 Å². The quantitative estimate of drug-likeness (QED) is 0.716. The minimum absolute atomic E-state index is 0.00315. The van der Waals surface area contributed by atoms with Gasteiger partial charge in [-0.3, -0.25) is 4.79 Å². The number of carbonyl (C=O) groups excluding carboxylic acids is 1. The Bertz CT molecular complexity index is 247. The van der Waals surface area contributed by atoms with Crippen LogP contribution in [0.15, 0.2) is 0 Å². The van der Waals surface area contributed by atoms with Gasteiger partial charge in [0.05, 0.1) is 19.6 Å². The van der Waals surface area contributed by atoms with E-state index in [1.807, 2.05) is 20.8 Å². The molecule has 88 valence electrons. The predicted molar refractivity (Wildman–Crippen MR) is 57.4 cm³/mol. The van der Waals surface area contributed by atoms with E-state index in [-0.39, 0.29) is 17.5 Å². The van der Waals surface area contributed by atoms with E-state index in [2.05, 4.69) is 0 Å². The Morgan fingerprint density at radius 3 is 2.60 bits per heavy atom. The standard InChI is InChI=1S/C11H21NO3/c1-8-11(5-6-15-8,10(2,3)12)7-9(13)14-4/h8H,5-7,12H2,1-4H3. The molecule has 1 aliphatic heterocycles. The third kappa shape index (κ3) is 2.16. The molecule has 4 nitrogen and oxygen atoms in total. The van der Waals surface area contributed by atoms with Crippen LogP contribution in [-0.2, 0) is 14.3 Å². The van der Waals surface area contributed by atoms with Crippen molar-refractivity contribution in [2.75, 3.05) is 13.7 Å². The van der Waals surface area contributed by atoms with Crippen LogP contribution in [-0.4, -0.2) is 31.3 Å². The van der Waals surface area contributed by atoms with Crippen molar-refractivity contribution in [1.29, 1.82) is 0 Å². The molecule has 2 N–H and O–H groups in total. The molecule has 0 amide bonds. The molecule has 4 heteroatoms. The van der Waals surface area contributed by atoms with Crippen LogP contribution in [0.3, 0.4) is 0 Å². The molecule has 1 aliphatic rings. The van der Waals surface area contributed by atoms with Crippen molar-refractivity contribution in [3.05, 3.63) is 0 Å². The highest BCUT2D eigenvalue weighted by Crippen LogP contribution is 2.45. The van der Waals surface area contributed by atoms with Gasteiger partial charge in [0, 0.05) is 17.6 Å². The van der Waals surface area contributed by atoms with E-state index < -0.39 is 5.54 Å². The third-order valence-corrected chi connectivity index (χ3v) is 3.66. The van der Waals surface area contributed by atoms with Crippen molar-refractivity contribution >= 4 is 5.97 Å². The third-order valence-electron chi connectivity index (χ3n) is 3.66.